The molecule has 1 aliphatic rings. The van der Waals surface area contributed by atoms with E-state index in [1.165, 1.54) is 37.8 Å². The van der Waals surface area contributed by atoms with Crippen LogP contribution in [0.4, 0.5) is 0 Å². The van der Waals surface area contributed by atoms with Crippen LogP contribution >= 0.6 is 24.0 Å². The number of hydrogen-bond acceptors (Lipinski definition) is 1. The zero-order valence-electron chi connectivity index (χ0n) is 13.5. The minimum Gasteiger partial charge on any atom is -0.356 e. The van der Waals surface area contributed by atoms with Crippen LogP contribution in [-0.2, 0) is 13.6 Å². The van der Waals surface area contributed by atoms with Crippen LogP contribution in [0.1, 0.15) is 37.8 Å². The zero-order chi connectivity index (χ0) is 14.4. The molecule has 0 aromatic carbocycles. The summed E-state index contributed by atoms with van der Waals surface area (Å²) in [5.41, 5.74) is 1.30. The Hall–Kier alpha value is -0.720. The van der Waals surface area contributed by atoms with Gasteiger partial charge in [-0.2, -0.15) is 0 Å². The number of aryl methyl sites for hydroxylation is 1. The van der Waals surface area contributed by atoms with E-state index in [1.807, 2.05) is 7.05 Å². The van der Waals surface area contributed by atoms with Crippen LogP contribution < -0.4 is 5.32 Å². The second-order valence-corrected chi connectivity index (χ2v) is 5.90. The predicted molar refractivity (Wildman–Crippen MR) is 100 cm³/mol. The molecule has 0 amide bonds. The molecule has 0 spiro atoms. The van der Waals surface area contributed by atoms with E-state index in [-0.39, 0.29) is 24.0 Å². The number of aliphatic imine (C=N–C) groups is 1. The van der Waals surface area contributed by atoms with Gasteiger partial charge in [-0.05, 0) is 30.9 Å². The average Bonchev–Trinajstić information content (AvgIpc) is 2.86. The van der Waals surface area contributed by atoms with E-state index in [0.29, 0.717) is 0 Å². The third-order valence-corrected chi connectivity index (χ3v) is 4.30. The molecule has 2 rings (SSSR count). The van der Waals surface area contributed by atoms with E-state index in [0.717, 1.165) is 25.0 Å². The minimum absolute atomic E-state index is 0. The Labute approximate surface area is 146 Å². The van der Waals surface area contributed by atoms with Crippen LogP contribution in [0.5, 0.6) is 0 Å². The molecule has 1 aromatic heterocycles. The summed E-state index contributed by atoms with van der Waals surface area (Å²) in [6, 6.07) is 4.24. The smallest absolute Gasteiger partial charge is 0.193 e. The van der Waals surface area contributed by atoms with E-state index >= 15 is 0 Å². The van der Waals surface area contributed by atoms with Crippen LogP contribution in [0.2, 0.25) is 0 Å². The zero-order valence-corrected chi connectivity index (χ0v) is 15.8. The molecule has 1 saturated carbocycles. The Kier molecular flexibility index (Phi) is 8.14. The van der Waals surface area contributed by atoms with Crippen molar-refractivity contribution < 1.29 is 0 Å². The van der Waals surface area contributed by atoms with Gasteiger partial charge in [-0.1, -0.05) is 19.3 Å². The van der Waals surface area contributed by atoms with Gasteiger partial charge in [-0.15, -0.1) is 24.0 Å². The summed E-state index contributed by atoms with van der Waals surface area (Å²) in [4.78, 5) is 6.60. The Bertz CT molecular complexity index is 435. The summed E-state index contributed by atoms with van der Waals surface area (Å²) in [5, 5.41) is 3.54. The molecule has 0 saturated heterocycles. The molecule has 1 heterocycles. The third kappa shape index (κ3) is 5.52. The highest BCUT2D eigenvalue weighted by Gasteiger charge is 2.15. The number of aromatic nitrogens is 1. The fraction of sp³-hybridized carbons (Fsp3) is 0.688. The Morgan fingerprint density at radius 2 is 2.10 bits per heavy atom. The van der Waals surface area contributed by atoms with Gasteiger partial charge in [0, 0.05) is 39.6 Å². The number of hydrogen-bond donors (Lipinski definition) is 1. The molecule has 1 N–H and O–H groups in total. The Morgan fingerprint density at radius 3 is 2.67 bits per heavy atom. The predicted octanol–water partition coefficient (Wildman–Crippen LogP) is 3.23. The van der Waals surface area contributed by atoms with Crippen molar-refractivity contribution in [1.82, 2.24) is 14.8 Å². The van der Waals surface area contributed by atoms with Crippen LogP contribution in [0.15, 0.2) is 23.3 Å². The molecule has 120 valence electrons. The topological polar surface area (TPSA) is 32.6 Å². The van der Waals surface area contributed by atoms with Crippen molar-refractivity contribution in [2.24, 2.45) is 18.0 Å². The van der Waals surface area contributed by atoms with Crippen molar-refractivity contribution >= 4 is 29.9 Å². The van der Waals surface area contributed by atoms with Gasteiger partial charge in [0.25, 0.3) is 0 Å². The van der Waals surface area contributed by atoms with Gasteiger partial charge < -0.3 is 14.8 Å². The molecule has 0 atom stereocenters. The summed E-state index contributed by atoms with van der Waals surface area (Å²) < 4.78 is 2.16. The summed E-state index contributed by atoms with van der Waals surface area (Å²) in [7, 11) is 6.05. The number of halogens is 1. The number of nitrogens with one attached hydrogen (secondary N) is 1. The monoisotopic (exact) mass is 404 g/mol. The maximum atomic E-state index is 4.40. The van der Waals surface area contributed by atoms with Crippen molar-refractivity contribution in [3.05, 3.63) is 24.0 Å². The normalized spacial score (nSPS) is 16.4. The summed E-state index contributed by atoms with van der Waals surface area (Å²) in [5.74, 6) is 1.82. The average molecular weight is 404 g/mol. The third-order valence-electron chi connectivity index (χ3n) is 4.30. The van der Waals surface area contributed by atoms with Crippen molar-refractivity contribution in [2.45, 2.75) is 38.6 Å². The van der Waals surface area contributed by atoms with Gasteiger partial charge in [0.1, 0.15) is 0 Å². The summed E-state index contributed by atoms with van der Waals surface area (Å²) in [6.45, 7) is 1.94. The fourth-order valence-corrected chi connectivity index (χ4v) is 2.99. The highest BCUT2D eigenvalue weighted by molar-refractivity contribution is 14.0. The van der Waals surface area contributed by atoms with Crippen molar-refractivity contribution in [3.63, 3.8) is 0 Å². The van der Waals surface area contributed by atoms with Crippen molar-refractivity contribution in [3.8, 4) is 0 Å². The molecule has 4 nitrogen and oxygen atoms in total. The molecular formula is C16H29IN4. The Balaban J connectivity index is 0.00000220. The highest BCUT2D eigenvalue weighted by atomic mass is 127. The summed E-state index contributed by atoms with van der Waals surface area (Å²) in [6.07, 6.45) is 9.02. The van der Waals surface area contributed by atoms with E-state index < -0.39 is 0 Å². The van der Waals surface area contributed by atoms with E-state index in [4.69, 9.17) is 0 Å². The standard InChI is InChI=1S/C16H28N4.HI/c1-17-16(18-12-14-8-5-4-6-9-14)20(3)13-15-10-7-11-19(15)2;/h7,10-11,14H,4-6,8-9,12-13H2,1-3H3,(H,17,18);1H. The van der Waals surface area contributed by atoms with E-state index in [2.05, 4.69) is 52.2 Å². The van der Waals surface area contributed by atoms with Gasteiger partial charge in [0.05, 0.1) is 6.54 Å². The van der Waals surface area contributed by atoms with Crippen LogP contribution in [0, 0.1) is 5.92 Å². The number of rotatable bonds is 4. The van der Waals surface area contributed by atoms with Crippen LogP contribution in [0.25, 0.3) is 0 Å². The molecule has 5 heteroatoms. The summed E-state index contributed by atoms with van der Waals surface area (Å²) >= 11 is 0. The van der Waals surface area contributed by atoms with Crippen LogP contribution in [0.3, 0.4) is 0 Å². The van der Waals surface area contributed by atoms with Crippen LogP contribution in [-0.4, -0.2) is 36.1 Å². The first-order valence-electron chi connectivity index (χ1n) is 7.72. The second kappa shape index (κ2) is 9.33. The lowest BCUT2D eigenvalue weighted by Crippen LogP contribution is -2.41. The van der Waals surface area contributed by atoms with Gasteiger partial charge in [-0.3, -0.25) is 4.99 Å². The maximum Gasteiger partial charge on any atom is 0.193 e. The maximum absolute atomic E-state index is 4.40. The first-order chi connectivity index (χ1) is 9.70. The molecule has 0 bridgehead atoms. The Morgan fingerprint density at radius 1 is 1.38 bits per heavy atom. The lowest BCUT2D eigenvalue weighted by molar-refractivity contribution is 0.349. The van der Waals surface area contributed by atoms with Gasteiger partial charge in [0.2, 0.25) is 0 Å². The van der Waals surface area contributed by atoms with E-state index in [9.17, 15) is 0 Å². The lowest BCUT2D eigenvalue weighted by atomic mass is 9.89. The molecule has 0 unspecified atom stereocenters. The van der Waals surface area contributed by atoms with Gasteiger partial charge in [-0.25, -0.2) is 0 Å². The molecular weight excluding hydrogens is 375 g/mol. The van der Waals surface area contributed by atoms with Crippen molar-refractivity contribution in [1.29, 1.82) is 0 Å². The van der Waals surface area contributed by atoms with Gasteiger partial charge in [0.15, 0.2) is 5.96 Å². The molecule has 1 aliphatic carbocycles. The largest absolute Gasteiger partial charge is 0.356 e. The molecule has 21 heavy (non-hydrogen) atoms. The van der Waals surface area contributed by atoms with Crippen molar-refractivity contribution in [2.75, 3.05) is 20.6 Å². The molecule has 1 aromatic rings. The highest BCUT2D eigenvalue weighted by Crippen LogP contribution is 2.22. The second-order valence-electron chi connectivity index (χ2n) is 5.90. The SMILES string of the molecule is CN=C(NCC1CCCCC1)N(C)Cc1cccn1C.I. The number of guanidine groups is 1. The molecule has 1 fully saturated rings. The molecule has 0 radical (unpaired) electrons. The molecule has 0 aliphatic heterocycles. The lowest BCUT2D eigenvalue weighted by Gasteiger charge is -2.26. The number of nitrogens with zero attached hydrogens (tertiary/aromatic N) is 3. The first kappa shape index (κ1) is 18.3. The van der Waals surface area contributed by atoms with E-state index in [1.54, 1.807) is 0 Å². The van der Waals surface area contributed by atoms with Gasteiger partial charge >= 0.3 is 0 Å². The fourth-order valence-electron chi connectivity index (χ4n) is 2.99. The quantitative estimate of drug-likeness (QED) is 0.475. The first-order valence-corrected chi connectivity index (χ1v) is 7.72. The minimum atomic E-state index is 0.